The van der Waals surface area contributed by atoms with Crippen LogP contribution >= 0.6 is 0 Å². The van der Waals surface area contributed by atoms with E-state index in [-0.39, 0.29) is 5.97 Å². The van der Waals surface area contributed by atoms with Crippen molar-refractivity contribution < 1.29 is 102 Å². The van der Waals surface area contributed by atoms with E-state index < -0.39 is 144 Å². The summed E-state index contributed by atoms with van der Waals surface area (Å²) in [6.45, 7) is 0.619. The Morgan fingerprint density at radius 1 is 0.468 bits per heavy atom. The first-order chi connectivity index (χ1) is 29.0. The highest BCUT2D eigenvalue weighted by atomic mass is 19.2. The van der Waals surface area contributed by atoms with Crippen LogP contribution < -0.4 is 26.4 Å². The zero-order valence-electron chi connectivity index (χ0n) is 29.7. The lowest BCUT2D eigenvalue weighted by Crippen LogP contribution is -2.81. The fourth-order valence-electron chi connectivity index (χ4n) is 6.45. The van der Waals surface area contributed by atoms with Crippen LogP contribution in [0.1, 0.15) is 16.1 Å². The van der Waals surface area contributed by atoms with Crippen molar-refractivity contribution >= 4 is 34.0 Å². The zero-order valence-corrected chi connectivity index (χ0v) is 29.7. The zero-order chi connectivity index (χ0) is 46.4. The van der Waals surface area contributed by atoms with E-state index in [1.165, 1.54) is 13.3 Å². The predicted octanol–water partition coefficient (Wildman–Crippen LogP) is 7.05. The Labute approximate surface area is 331 Å². The molecule has 0 unspecified atom stereocenters. The summed E-state index contributed by atoms with van der Waals surface area (Å²) in [4.78, 5) is 15.5. The number of hydrogen-bond donors (Lipinski definition) is 0. The highest BCUT2D eigenvalue weighted by Gasteiger charge is 2.52. The number of halogens is 20. The average Bonchev–Trinajstić information content (AvgIpc) is 3.26. The van der Waals surface area contributed by atoms with Gasteiger partial charge in [0.25, 0.3) is 0 Å². The van der Waals surface area contributed by atoms with Crippen LogP contribution in [0.4, 0.5) is 87.8 Å². The van der Waals surface area contributed by atoms with Gasteiger partial charge in [0.05, 0.1) is 13.3 Å². The molecule has 0 saturated carbocycles. The number of esters is 1. The van der Waals surface area contributed by atoms with Gasteiger partial charge >= 0.3 is 11.7 Å². The lowest BCUT2D eigenvalue weighted by molar-refractivity contribution is -0.691. The Bertz CT molecular complexity index is 2410. The van der Waals surface area contributed by atoms with E-state index in [1.54, 1.807) is 12.4 Å². The average molecular weight is 908 g/mol. The minimum absolute atomic E-state index is 0.381. The number of nitrogens with zero attached hydrogens (tertiary/aromatic N) is 2. The van der Waals surface area contributed by atoms with Crippen molar-refractivity contribution in [1.29, 1.82) is 0 Å². The fraction of sp³-hybridized carbons (Fsp3) is 0.0541. The summed E-state index contributed by atoms with van der Waals surface area (Å²) in [5, 5.41) is 0. The molecule has 0 fully saturated rings. The Morgan fingerprint density at radius 2 is 0.742 bits per heavy atom. The van der Waals surface area contributed by atoms with Crippen LogP contribution in [0, 0.1) is 116 Å². The van der Waals surface area contributed by atoms with Crippen LogP contribution in [0.5, 0.6) is 0 Å². The predicted molar refractivity (Wildman–Crippen MR) is 171 cm³/mol. The molecule has 0 aliphatic carbocycles. The molecule has 4 nitrogen and oxygen atoms in total. The van der Waals surface area contributed by atoms with Gasteiger partial charge < -0.3 is 4.74 Å². The molecule has 6 rings (SSSR count). The maximum atomic E-state index is 15.4. The molecule has 0 aliphatic heterocycles. The summed E-state index contributed by atoms with van der Waals surface area (Å²) in [5.41, 5.74) is -12.8. The molecule has 5 aromatic carbocycles. The van der Waals surface area contributed by atoms with Gasteiger partial charge in [0.15, 0.2) is 82.5 Å². The SMILES string of the molecule is COC(=O)c1cncc[n+]1Cc1ccccc1.Fc1c(F)c(F)c([B-](c2c(F)c(F)c(F)c(F)c2F)(c2c(F)c(F)c(F)c(F)c2F)c2c(F)c(F)c(F)c(F)c2F)c(F)c1F. The van der Waals surface area contributed by atoms with Crippen molar-refractivity contribution in [1.82, 2.24) is 4.98 Å². The van der Waals surface area contributed by atoms with Crippen LogP contribution in [0.15, 0.2) is 48.9 Å². The largest absolute Gasteiger partial charge is 0.461 e. The molecule has 6 aromatic rings. The molecule has 0 N–H and O–H groups in total. The number of carbonyl (C=O) groups is 1. The van der Waals surface area contributed by atoms with E-state index in [0.717, 1.165) is 5.56 Å². The maximum absolute atomic E-state index is 15.4. The maximum Gasteiger partial charge on any atom is 0.405 e. The molecule has 0 bridgehead atoms. The lowest BCUT2D eigenvalue weighted by Gasteiger charge is -2.44. The van der Waals surface area contributed by atoms with Gasteiger partial charge in [0.2, 0.25) is 0 Å². The third-order valence-electron chi connectivity index (χ3n) is 9.14. The molecular formula is C37H13BF20N2O2. The Hall–Kier alpha value is -6.69. The van der Waals surface area contributed by atoms with E-state index in [9.17, 15) is 57.5 Å². The molecule has 1 aromatic heterocycles. The molecule has 1 heterocycles. The number of methoxy groups -OCH3 is 1. The molecule has 0 aliphatic rings. The number of aromatic nitrogens is 2. The number of rotatable bonds is 7. The Balaban J connectivity index is 0.000000355. The quantitative estimate of drug-likeness (QED) is 0.0431. The number of carbonyl (C=O) groups excluding carboxylic acids is 1. The van der Waals surface area contributed by atoms with E-state index in [4.69, 9.17) is 4.74 Å². The van der Waals surface area contributed by atoms with Crippen molar-refractivity contribution in [3.8, 4) is 0 Å². The van der Waals surface area contributed by atoms with Crippen molar-refractivity contribution in [2.45, 2.75) is 6.54 Å². The summed E-state index contributed by atoms with van der Waals surface area (Å²) in [5.74, 6) is -71.8. The fourth-order valence-corrected chi connectivity index (χ4v) is 6.45. The van der Waals surface area contributed by atoms with Gasteiger partial charge in [-0.1, -0.05) is 30.3 Å². The summed E-state index contributed by atoms with van der Waals surface area (Å²) >= 11 is 0. The molecule has 326 valence electrons. The lowest BCUT2D eigenvalue weighted by atomic mass is 9.12. The highest BCUT2D eigenvalue weighted by Crippen LogP contribution is 2.30. The van der Waals surface area contributed by atoms with Crippen molar-refractivity contribution in [3.05, 3.63) is 177 Å². The second-order valence-corrected chi connectivity index (χ2v) is 12.4. The highest BCUT2D eigenvalue weighted by molar-refractivity contribution is 7.20. The van der Waals surface area contributed by atoms with Crippen LogP contribution in [0.25, 0.3) is 0 Å². The van der Waals surface area contributed by atoms with Crippen LogP contribution in [-0.2, 0) is 11.3 Å². The van der Waals surface area contributed by atoms with Gasteiger partial charge in [-0.25, -0.2) is 92.6 Å². The first-order valence-corrected chi connectivity index (χ1v) is 16.2. The number of hydrogen-bond acceptors (Lipinski definition) is 3. The van der Waals surface area contributed by atoms with Crippen LogP contribution in [0.2, 0.25) is 0 Å². The molecule has 62 heavy (non-hydrogen) atoms. The summed E-state index contributed by atoms with van der Waals surface area (Å²) in [7, 11) is 1.36. The topological polar surface area (TPSA) is 43.1 Å². The van der Waals surface area contributed by atoms with Crippen molar-refractivity contribution in [2.75, 3.05) is 7.11 Å². The van der Waals surface area contributed by atoms with Gasteiger partial charge in [-0.2, -0.15) is 4.57 Å². The van der Waals surface area contributed by atoms with Gasteiger partial charge in [-0.15, -0.1) is 21.9 Å². The molecule has 0 radical (unpaired) electrons. The second-order valence-electron chi connectivity index (χ2n) is 12.4. The molecule has 0 saturated heterocycles. The van der Waals surface area contributed by atoms with Gasteiger partial charge in [-0.3, -0.25) is 4.98 Å². The molecule has 0 atom stereocenters. The first-order valence-electron chi connectivity index (χ1n) is 16.2. The van der Waals surface area contributed by atoms with Crippen LogP contribution in [0.3, 0.4) is 0 Å². The number of benzene rings is 5. The number of ether oxygens (including phenoxy) is 1. The van der Waals surface area contributed by atoms with E-state index in [1.807, 2.05) is 34.9 Å². The molecular weight excluding hydrogens is 895 g/mol. The second kappa shape index (κ2) is 17.4. The first kappa shape index (κ1) is 46.4. The van der Waals surface area contributed by atoms with Gasteiger partial charge in [-0.05, 0) is 0 Å². The summed E-state index contributed by atoms with van der Waals surface area (Å²) in [6, 6.07) is 9.91. The van der Waals surface area contributed by atoms with Gasteiger partial charge in [0.1, 0.15) is 58.9 Å². The van der Waals surface area contributed by atoms with Crippen molar-refractivity contribution in [2.24, 2.45) is 0 Å². The van der Waals surface area contributed by atoms with Crippen LogP contribution in [-0.4, -0.2) is 24.2 Å². The Morgan fingerprint density at radius 3 is 1.02 bits per heavy atom. The molecule has 0 amide bonds. The normalized spacial score (nSPS) is 11.4. The van der Waals surface area contributed by atoms with E-state index in [2.05, 4.69) is 4.98 Å². The molecule has 0 spiro atoms. The minimum atomic E-state index is -7.22. The third-order valence-corrected chi connectivity index (χ3v) is 9.14. The van der Waals surface area contributed by atoms with E-state index >= 15 is 35.1 Å². The van der Waals surface area contributed by atoms with Gasteiger partial charge in [0, 0.05) is 5.56 Å². The smallest absolute Gasteiger partial charge is 0.405 e. The summed E-state index contributed by atoms with van der Waals surface area (Å²) in [6.07, 6.45) is -2.30. The third kappa shape index (κ3) is 7.20. The Kier molecular flexibility index (Phi) is 13.0. The standard InChI is InChI=1S/C24BF20.C13H13N2O2/c26-5-1(6(27)14(35)21(42)13(5)34)25(2-7(28)15(36)22(43)16(37)8(2)29,3-9(30)17(38)23(44)18(39)10(3)31)4-11(32)19(40)24(45)20(41)12(4)33;1-17-13(16)12-9-14-7-8-15(12)10-11-5-3-2-4-6-11/h;2-9H,10H2,1H3/q-1;+1. The monoisotopic (exact) mass is 908 g/mol. The minimum Gasteiger partial charge on any atom is -0.461 e. The molecule has 25 heteroatoms. The van der Waals surface area contributed by atoms with E-state index in [0.29, 0.717) is 12.2 Å². The summed E-state index contributed by atoms with van der Waals surface area (Å²) < 4.78 is 300. The van der Waals surface area contributed by atoms with Crippen molar-refractivity contribution in [3.63, 3.8) is 0 Å².